The smallest absolute Gasteiger partial charge is 0.269 e. The molecule has 4 nitrogen and oxygen atoms in total. The van der Waals surface area contributed by atoms with Crippen LogP contribution in [-0.4, -0.2) is 4.92 Å². The Kier molecular flexibility index (Phi) is 3.75. The maximum atomic E-state index is 10.5. The van der Waals surface area contributed by atoms with Crippen LogP contribution in [0.15, 0.2) is 40.2 Å². The quantitative estimate of drug-likeness (QED) is 0.633. The van der Waals surface area contributed by atoms with Gasteiger partial charge in [0.2, 0.25) is 0 Å². The number of non-ortho nitro benzene ring substituents is 1. The van der Waals surface area contributed by atoms with Crippen LogP contribution in [0.25, 0.3) is 0 Å². The van der Waals surface area contributed by atoms with Crippen molar-refractivity contribution >= 4 is 33.0 Å². The fourth-order valence-corrected chi connectivity index (χ4v) is 2.61. The molecule has 0 saturated carbocycles. The Bertz CT molecular complexity index is 524. The van der Waals surface area contributed by atoms with Crippen LogP contribution in [0.5, 0.6) is 5.75 Å². The number of hydrogen-bond acceptors (Lipinski definition) is 4. The molecule has 2 rings (SSSR count). The van der Waals surface area contributed by atoms with Crippen molar-refractivity contribution in [2.75, 3.05) is 0 Å². The highest BCUT2D eigenvalue weighted by atomic mass is 79.9. The fourth-order valence-electron chi connectivity index (χ4n) is 1.25. The van der Waals surface area contributed by atoms with Crippen LogP contribution in [0.4, 0.5) is 5.69 Å². The van der Waals surface area contributed by atoms with E-state index in [2.05, 4.69) is 15.9 Å². The fraction of sp³-hybridized carbons (Fsp3) is 0.0909. The van der Waals surface area contributed by atoms with E-state index in [-0.39, 0.29) is 5.69 Å². The van der Waals surface area contributed by atoms with Gasteiger partial charge in [-0.05, 0) is 34.1 Å². The zero-order chi connectivity index (χ0) is 12.3. The van der Waals surface area contributed by atoms with Gasteiger partial charge in [-0.3, -0.25) is 10.1 Å². The predicted octanol–water partition coefficient (Wildman–Crippen LogP) is 4.00. The first kappa shape index (κ1) is 12.1. The maximum absolute atomic E-state index is 10.5. The van der Waals surface area contributed by atoms with E-state index >= 15 is 0 Å². The monoisotopic (exact) mass is 313 g/mol. The average molecular weight is 314 g/mol. The van der Waals surface area contributed by atoms with Crippen LogP contribution < -0.4 is 4.74 Å². The third-order valence-corrected chi connectivity index (χ3v) is 3.72. The average Bonchev–Trinajstić information content (AvgIpc) is 2.73. The summed E-state index contributed by atoms with van der Waals surface area (Å²) in [6.07, 6.45) is 0. The third-order valence-electron chi connectivity index (χ3n) is 2.05. The number of rotatable bonds is 4. The summed E-state index contributed by atoms with van der Waals surface area (Å²) in [5.74, 6) is 0.625. The van der Waals surface area contributed by atoms with E-state index < -0.39 is 4.92 Å². The molecule has 17 heavy (non-hydrogen) atoms. The van der Waals surface area contributed by atoms with Crippen molar-refractivity contribution in [3.05, 3.63) is 55.2 Å². The van der Waals surface area contributed by atoms with Crippen molar-refractivity contribution in [3.8, 4) is 5.75 Å². The Morgan fingerprint density at radius 3 is 2.59 bits per heavy atom. The Morgan fingerprint density at radius 1 is 1.35 bits per heavy atom. The Morgan fingerprint density at radius 2 is 2.06 bits per heavy atom. The van der Waals surface area contributed by atoms with Gasteiger partial charge in [-0.25, -0.2) is 0 Å². The molecule has 88 valence electrons. The largest absolute Gasteiger partial charge is 0.488 e. The number of halogens is 1. The molecule has 1 aromatic heterocycles. The highest BCUT2D eigenvalue weighted by Crippen LogP contribution is 2.22. The Hall–Kier alpha value is -1.40. The second-order valence-electron chi connectivity index (χ2n) is 3.27. The molecule has 0 radical (unpaired) electrons. The lowest BCUT2D eigenvalue weighted by molar-refractivity contribution is -0.384. The molecule has 0 bridgehead atoms. The molecule has 0 saturated heterocycles. The molecule has 0 aliphatic heterocycles. The van der Waals surface area contributed by atoms with Crippen LogP contribution in [-0.2, 0) is 6.61 Å². The van der Waals surface area contributed by atoms with Gasteiger partial charge < -0.3 is 4.74 Å². The van der Waals surface area contributed by atoms with Crippen molar-refractivity contribution in [1.82, 2.24) is 0 Å². The molecule has 0 atom stereocenters. The van der Waals surface area contributed by atoms with Crippen molar-refractivity contribution in [1.29, 1.82) is 0 Å². The minimum atomic E-state index is -0.430. The van der Waals surface area contributed by atoms with Crippen molar-refractivity contribution in [2.45, 2.75) is 6.61 Å². The summed E-state index contributed by atoms with van der Waals surface area (Å²) in [4.78, 5) is 11.1. The number of nitro groups is 1. The normalized spacial score (nSPS) is 10.2. The van der Waals surface area contributed by atoms with E-state index in [1.165, 1.54) is 12.1 Å². The second kappa shape index (κ2) is 5.29. The van der Waals surface area contributed by atoms with Gasteiger partial charge in [-0.1, -0.05) is 0 Å². The molecule has 1 heterocycles. The van der Waals surface area contributed by atoms with Gasteiger partial charge in [-0.15, -0.1) is 11.3 Å². The first-order chi connectivity index (χ1) is 8.15. The van der Waals surface area contributed by atoms with E-state index in [0.717, 1.165) is 9.35 Å². The summed E-state index contributed by atoms with van der Waals surface area (Å²) in [5.41, 5.74) is 0.0659. The third kappa shape index (κ3) is 3.28. The lowest BCUT2D eigenvalue weighted by Crippen LogP contribution is -1.93. The van der Waals surface area contributed by atoms with Crippen molar-refractivity contribution in [3.63, 3.8) is 0 Å². The first-order valence-electron chi connectivity index (χ1n) is 4.75. The van der Waals surface area contributed by atoms with Crippen molar-refractivity contribution in [2.24, 2.45) is 0 Å². The number of hydrogen-bond donors (Lipinski definition) is 0. The standard InChI is InChI=1S/C11H8BrNO3S/c12-8-5-11(17-7-8)6-16-10-3-1-9(2-4-10)13(14)15/h1-5,7H,6H2. The minimum Gasteiger partial charge on any atom is -0.488 e. The summed E-state index contributed by atoms with van der Waals surface area (Å²) in [7, 11) is 0. The molecule has 0 aliphatic rings. The highest BCUT2D eigenvalue weighted by molar-refractivity contribution is 9.10. The van der Waals surface area contributed by atoms with Gasteiger partial charge in [-0.2, -0.15) is 0 Å². The van der Waals surface area contributed by atoms with E-state index in [1.54, 1.807) is 23.5 Å². The van der Waals surface area contributed by atoms with Crippen LogP contribution >= 0.6 is 27.3 Å². The molecular formula is C11H8BrNO3S. The summed E-state index contributed by atoms with van der Waals surface area (Å²) >= 11 is 4.96. The highest BCUT2D eigenvalue weighted by Gasteiger charge is 2.05. The molecule has 6 heteroatoms. The summed E-state index contributed by atoms with van der Waals surface area (Å²) in [5, 5.41) is 12.4. The predicted molar refractivity (Wildman–Crippen MR) is 69.4 cm³/mol. The van der Waals surface area contributed by atoms with Gasteiger partial charge >= 0.3 is 0 Å². The van der Waals surface area contributed by atoms with Crippen LogP contribution in [0.1, 0.15) is 4.88 Å². The van der Waals surface area contributed by atoms with E-state index in [1.807, 2.05) is 11.4 Å². The van der Waals surface area contributed by atoms with Gasteiger partial charge in [0.05, 0.1) is 4.92 Å². The van der Waals surface area contributed by atoms with Gasteiger partial charge in [0.1, 0.15) is 12.4 Å². The van der Waals surface area contributed by atoms with Gasteiger partial charge in [0, 0.05) is 26.9 Å². The molecule has 0 amide bonds. The summed E-state index contributed by atoms with van der Waals surface area (Å²) in [6.45, 7) is 0.466. The number of benzene rings is 1. The summed E-state index contributed by atoms with van der Waals surface area (Å²) in [6, 6.07) is 8.04. The Balaban J connectivity index is 1.97. The molecule has 0 N–H and O–H groups in total. The van der Waals surface area contributed by atoms with Crippen LogP contribution in [0.3, 0.4) is 0 Å². The molecule has 0 spiro atoms. The first-order valence-corrected chi connectivity index (χ1v) is 6.42. The van der Waals surface area contributed by atoms with E-state index in [0.29, 0.717) is 12.4 Å². The maximum Gasteiger partial charge on any atom is 0.269 e. The number of nitro benzene ring substituents is 1. The van der Waals surface area contributed by atoms with Gasteiger partial charge in [0.15, 0.2) is 0 Å². The van der Waals surface area contributed by atoms with Crippen LogP contribution in [0, 0.1) is 10.1 Å². The lowest BCUT2D eigenvalue weighted by Gasteiger charge is -2.03. The van der Waals surface area contributed by atoms with Crippen LogP contribution in [0.2, 0.25) is 0 Å². The summed E-state index contributed by atoms with van der Waals surface area (Å²) < 4.78 is 6.54. The number of ether oxygens (including phenoxy) is 1. The van der Waals surface area contributed by atoms with Crippen molar-refractivity contribution < 1.29 is 9.66 Å². The number of thiophene rings is 1. The molecule has 0 unspecified atom stereocenters. The molecule has 2 aromatic rings. The van der Waals surface area contributed by atoms with Gasteiger partial charge in [0.25, 0.3) is 5.69 Å². The SMILES string of the molecule is O=[N+]([O-])c1ccc(OCc2cc(Br)cs2)cc1. The number of nitrogens with zero attached hydrogens (tertiary/aromatic N) is 1. The molecule has 0 fully saturated rings. The second-order valence-corrected chi connectivity index (χ2v) is 5.18. The zero-order valence-corrected chi connectivity index (χ0v) is 11.0. The van der Waals surface area contributed by atoms with E-state index in [9.17, 15) is 10.1 Å². The Labute approximate surface area is 110 Å². The molecule has 1 aromatic carbocycles. The lowest BCUT2D eigenvalue weighted by atomic mass is 10.3. The van der Waals surface area contributed by atoms with E-state index in [4.69, 9.17) is 4.74 Å². The minimum absolute atomic E-state index is 0.0659. The molecule has 0 aliphatic carbocycles. The zero-order valence-electron chi connectivity index (χ0n) is 8.63. The topological polar surface area (TPSA) is 52.4 Å². The molecular weight excluding hydrogens is 306 g/mol.